The van der Waals surface area contributed by atoms with Crippen LogP contribution in [0.5, 0.6) is 11.5 Å². The minimum absolute atomic E-state index is 0.0675. The maximum atomic E-state index is 9.97. The highest BCUT2D eigenvalue weighted by Gasteiger charge is 2.20. The second-order valence-electron chi connectivity index (χ2n) is 4.82. The zero-order valence-electron chi connectivity index (χ0n) is 10.2. The number of phenols is 1. The van der Waals surface area contributed by atoms with Crippen LogP contribution in [0.2, 0.25) is 0 Å². The Balaban J connectivity index is 3.25. The van der Waals surface area contributed by atoms with Gasteiger partial charge in [0.1, 0.15) is 11.5 Å². The van der Waals surface area contributed by atoms with Gasteiger partial charge in [-0.25, -0.2) is 0 Å². The molecule has 0 saturated heterocycles. The Kier molecular flexibility index (Phi) is 3.28. The van der Waals surface area contributed by atoms with Crippen LogP contribution in [0.3, 0.4) is 0 Å². The van der Waals surface area contributed by atoms with Gasteiger partial charge in [-0.2, -0.15) is 0 Å². The highest BCUT2D eigenvalue weighted by Crippen LogP contribution is 2.36. The fraction of sp³-hybridized carbons (Fsp3) is 0.538. The molecule has 0 bridgehead atoms. The van der Waals surface area contributed by atoms with Gasteiger partial charge in [0.25, 0.3) is 0 Å². The van der Waals surface area contributed by atoms with E-state index >= 15 is 0 Å². The van der Waals surface area contributed by atoms with Gasteiger partial charge in [-0.15, -0.1) is 0 Å². The van der Waals surface area contributed by atoms with Gasteiger partial charge in [-0.1, -0.05) is 20.8 Å². The lowest BCUT2D eigenvalue weighted by molar-refractivity contribution is 0.337. The molecule has 0 amide bonds. The molecule has 0 radical (unpaired) electrons. The second kappa shape index (κ2) is 4.13. The molecule has 15 heavy (non-hydrogen) atoms. The van der Waals surface area contributed by atoms with Gasteiger partial charge < -0.3 is 9.84 Å². The van der Waals surface area contributed by atoms with Crippen LogP contribution in [0.15, 0.2) is 12.1 Å². The molecule has 1 N–H and O–H groups in total. The Hall–Kier alpha value is -1.18. The molecular weight excluding hydrogens is 188 g/mol. The molecular formula is C13H20O2. The molecule has 0 aromatic heterocycles. The first kappa shape index (κ1) is 11.9. The number of hydrogen-bond donors (Lipinski definition) is 1. The van der Waals surface area contributed by atoms with Crippen molar-refractivity contribution < 1.29 is 9.84 Å². The maximum absolute atomic E-state index is 9.97. The Bertz CT molecular complexity index is 348. The summed E-state index contributed by atoms with van der Waals surface area (Å²) in [6.07, 6.45) is 0. The predicted molar refractivity (Wildman–Crippen MR) is 62.7 cm³/mol. The minimum Gasteiger partial charge on any atom is -0.507 e. The molecule has 1 rings (SSSR count). The van der Waals surface area contributed by atoms with Crippen LogP contribution in [-0.2, 0) is 5.41 Å². The Morgan fingerprint density at radius 2 is 1.87 bits per heavy atom. The largest absolute Gasteiger partial charge is 0.507 e. The lowest BCUT2D eigenvalue weighted by atomic mass is 9.85. The van der Waals surface area contributed by atoms with E-state index in [4.69, 9.17) is 4.74 Å². The predicted octanol–water partition coefficient (Wildman–Crippen LogP) is 3.40. The van der Waals surface area contributed by atoms with Crippen molar-refractivity contribution in [1.82, 2.24) is 0 Å². The third-order valence-electron chi connectivity index (χ3n) is 2.39. The highest BCUT2D eigenvalue weighted by molar-refractivity contribution is 5.48. The van der Waals surface area contributed by atoms with Gasteiger partial charge in [0, 0.05) is 5.56 Å². The second-order valence-corrected chi connectivity index (χ2v) is 4.82. The Morgan fingerprint density at radius 1 is 1.27 bits per heavy atom. The van der Waals surface area contributed by atoms with Crippen LogP contribution in [0.4, 0.5) is 0 Å². The molecule has 0 aliphatic heterocycles. The van der Waals surface area contributed by atoms with Gasteiger partial charge >= 0.3 is 0 Å². The number of aromatic hydroxyl groups is 1. The third-order valence-corrected chi connectivity index (χ3v) is 2.39. The summed E-state index contributed by atoms with van der Waals surface area (Å²) in [5.41, 5.74) is 1.74. The molecule has 0 atom stereocenters. The number of phenolic OH excluding ortho intramolecular Hbond substituents is 1. The summed E-state index contributed by atoms with van der Waals surface area (Å²) in [7, 11) is 0. The summed E-state index contributed by atoms with van der Waals surface area (Å²) in [4.78, 5) is 0. The first-order valence-corrected chi connectivity index (χ1v) is 5.33. The van der Waals surface area contributed by atoms with Gasteiger partial charge in [-0.3, -0.25) is 0 Å². The van der Waals surface area contributed by atoms with Crippen LogP contribution in [0, 0.1) is 6.92 Å². The summed E-state index contributed by atoms with van der Waals surface area (Å²) in [5.74, 6) is 1.21. The zero-order chi connectivity index (χ0) is 11.6. The fourth-order valence-corrected chi connectivity index (χ4v) is 1.57. The van der Waals surface area contributed by atoms with Crippen LogP contribution >= 0.6 is 0 Å². The van der Waals surface area contributed by atoms with E-state index in [0.29, 0.717) is 12.4 Å². The lowest BCUT2D eigenvalue weighted by Crippen LogP contribution is -2.12. The van der Waals surface area contributed by atoms with Crippen molar-refractivity contribution >= 4 is 0 Å². The average molecular weight is 208 g/mol. The smallest absolute Gasteiger partial charge is 0.122 e. The Labute approximate surface area is 91.9 Å². The molecule has 1 aromatic carbocycles. The third kappa shape index (κ3) is 2.65. The molecule has 0 aliphatic rings. The molecule has 0 aliphatic carbocycles. The summed E-state index contributed by atoms with van der Waals surface area (Å²) in [6.45, 7) is 10.7. The van der Waals surface area contributed by atoms with E-state index in [9.17, 15) is 5.11 Å². The van der Waals surface area contributed by atoms with E-state index < -0.39 is 0 Å². The molecule has 84 valence electrons. The normalized spacial score (nSPS) is 11.5. The summed E-state index contributed by atoms with van der Waals surface area (Å²) in [6, 6.07) is 3.79. The average Bonchev–Trinajstić information content (AvgIpc) is 2.09. The molecule has 0 fully saturated rings. The van der Waals surface area contributed by atoms with Crippen molar-refractivity contribution in [3.8, 4) is 11.5 Å². The summed E-state index contributed by atoms with van der Waals surface area (Å²) in [5, 5.41) is 9.97. The number of hydrogen-bond acceptors (Lipinski definition) is 2. The van der Waals surface area contributed by atoms with Crippen molar-refractivity contribution in [3.05, 3.63) is 23.3 Å². The molecule has 2 heteroatoms. The zero-order valence-corrected chi connectivity index (χ0v) is 10.2. The topological polar surface area (TPSA) is 29.5 Å². The summed E-state index contributed by atoms with van der Waals surface area (Å²) >= 11 is 0. The minimum atomic E-state index is -0.0675. The standard InChI is InChI=1S/C13H20O2/c1-6-15-10-7-9(2)12(14)11(8-10)13(3,4)5/h7-8,14H,6H2,1-5H3. The first-order valence-electron chi connectivity index (χ1n) is 5.33. The quantitative estimate of drug-likeness (QED) is 0.807. The summed E-state index contributed by atoms with van der Waals surface area (Å²) < 4.78 is 5.47. The Morgan fingerprint density at radius 3 is 2.33 bits per heavy atom. The van der Waals surface area contributed by atoms with Crippen molar-refractivity contribution in [3.63, 3.8) is 0 Å². The first-order chi connectivity index (χ1) is 6.86. The van der Waals surface area contributed by atoms with Gasteiger partial charge in [0.15, 0.2) is 0 Å². The van der Waals surface area contributed by atoms with Crippen LogP contribution < -0.4 is 4.74 Å². The molecule has 2 nitrogen and oxygen atoms in total. The van der Waals surface area contributed by atoms with E-state index in [1.807, 2.05) is 26.0 Å². The van der Waals surface area contributed by atoms with Gasteiger partial charge in [0.05, 0.1) is 6.61 Å². The SMILES string of the molecule is CCOc1cc(C)c(O)c(C(C)(C)C)c1. The number of benzene rings is 1. The maximum Gasteiger partial charge on any atom is 0.122 e. The molecule has 0 spiro atoms. The van der Waals surface area contributed by atoms with Gasteiger partial charge in [-0.05, 0) is 37.0 Å². The highest BCUT2D eigenvalue weighted by atomic mass is 16.5. The van der Waals surface area contributed by atoms with Crippen LogP contribution in [0.1, 0.15) is 38.8 Å². The molecule has 0 saturated carbocycles. The number of ether oxygens (including phenoxy) is 1. The number of aryl methyl sites for hydroxylation is 1. The monoisotopic (exact) mass is 208 g/mol. The van der Waals surface area contributed by atoms with Gasteiger partial charge in [0.2, 0.25) is 0 Å². The molecule has 0 heterocycles. The van der Waals surface area contributed by atoms with E-state index in [0.717, 1.165) is 16.9 Å². The van der Waals surface area contributed by atoms with Crippen molar-refractivity contribution in [2.75, 3.05) is 6.61 Å². The number of rotatable bonds is 2. The van der Waals surface area contributed by atoms with E-state index in [2.05, 4.69) is 20.8 Å². The molecule has 1 aromatic rings. The van der Waals surface area contributed by atoms with Crippen LogP contribution in [0.25, 0.3) is 0 Å². The van der Waals surface area contributed by atoms with E-state index in [-0.39, 0.29) is 5.41 Å². The molecule has 0 unspecified atom stereocenters. The fourth-order valence-electron chi connectivity index (χ4n) is 1.57. The van der Waals surface area contributed by atoms with Crippen molar-refractivity contribution in [2.45, 2.75) is 40.0 Å². The van der Waals surface area contributed by atoms with E-state index in [1.54, 1.807) is 0 Å². The van der Waals surface area contributed by atoms with Crippen molar-refractivity contribution in [1.29, 1.82) is 0 Å². The van der Waals surface area contributed by atoms with Crippen LogP contribution in [-0.4, -0.2) is 11.7 Å². The lowest BCUT2D eigenvalue weighted by Gasteiger charge is -2.22. The van der Waals surface area contributed by atoms with E-state index in [1.165, 1.54) is 0 Å². The van der Waals surface area contributed by atoms with Crippen molar-refractivity contribution in [2.24, 2.45) is 0 Å².